The molecule has 4 nitrogen and oxygen atoms in total. The predicted octanol–water partition coefficient (Wildman–Crippen LogP) is 3.53. The standard InChI is InChI=1S/C19H19NO3/c1-23-17(21)14-8-10-16(11-9-14)20-18(22)19(12-5-13-19)15-6-3-2-4-7-15/h2-4,6-11H,5,12-13H2,1H3,(H,20,22). The lowest BCUT2D eigenvalue weighted by atomic mass is 9.64. The lowest BCUT2D eigenvalue weighted by Gasteiger charge is -2.40. The summed E-state index contributed by atoms with van der Waals surface area (Å²) < 4.78 is 4.67. The maximum Gasteiger partial charge on any atom is 0.337 e. The van der Waals surface area contributed by atoms with Crippen LogP contribution >= 0.6 is 0 Å². The van der Waals surface area contributed by atoms with Gasteiger partial charge in [0.2, 0.25) is 5.91 Å². The van der Waals surface area contributed by atoms with Crippen molar-refractivity contribution in [1.82, 2.24) is 0 Å². The molecular weight excluding hydrogens is 290 g/mol. The van der Waals surface area contributed by atoms with E-state index in [1.54, 1.807) is 24.3 Å². The van der Waals surface area contributed by atoms with E-state index in [1.165, 1.54) is 7.11 Å². The number of rotatable bonds is 4. The molecule has 0 aliphatic heterocycles. The maximum atomic E-state index is 12.8. The van der Waals surface area contributed by atoms with Gasteiger partial charge in [-0.15, -0.1) is 0 Å². The highest BCUT2D eigenvalue weighted by Crippen LogP contribution is 2.44. The monoisotopic (exact) mass is 309 g/mol. The van der Waals surface area contributed by atoms with Gasteiger partial charge >= 0.3 is 5.97 Å². The number of methoxy groups -OCH3 is 1. The van der Waals surface area contributed by atoms with E-state index in [-0.39, 0.29) is 11.9 Å². The molecule has 1 aliphatic rings. The first kappa shape index (κ1) is 15.3. The number of carbonyl (C=O) groups excluding carboxylic acids is 2. The van der Waals surface area contributed by atoms with Crippen LogP contribution in [0.3, 0.4) is 0 Å². The van der Waals surface area contributed by atoms with E-state index in [4.69, 9.17) is 0 Å². The van der Waals surface area contributed by atoms with E-state index in [9.17, 15) is 9.59 Å². The van der Waals surface area contributed by atoms with Crippen molar-refractivity contribution >= 4 is 17.6 Å². The van der Waals surface area contributed by atoms with Crippen LogP contribution < -0.4 is 5.32 Å². The number of anilines is 1. The van der Waals surface area contributed by atoms with Gasteiger partial charge in [0, 0.05) is 5.69 Å². The molecule has 0 bridgehead atoms. The summed E-state index contributed by atoms with van der Waals surface area (Å²) in [7, 11) is 1.35. The highest BCUT2D eigenvalue weighted by molar-refractivity contribution is 6.00. The molecule has 118 valence electrons. The van der Waals surface area contributed by atoms with E-state index in [0.29, 0.717) is 11.3 Å². The Labute approximate surface area is 135 Å². The molecule has 0 aromatic heterocycles. The molecule has 1 N–H and O–H groups in total. The Morgan fingerprint density at radius 1 is 1.00 bits per heavy atom. The molecule has 0 atom stereocenters. The third kappa shape index (κ3) is 2.84. The Morgan fingerprint density at radius 3 is 2.17 bits per heavy atom. The molecule has 3 rings (SSSR count). The molecule has 0 saturated heterocycles. The van der Waals surface area contributed by atoms with E-state index in [1.807, 2.05) is 30.3 Å². The van der Waals surface area contributed by atoms with Crippen molar-refractivity contribution in [2.24, 2.45) is 0 Å². The van der Waals surface area contributed by atoms with Gasteiger partial charge in [-0.1, -0.05) is 36.8 Å². The second-order valence-electron chi connectivity index (χ2n) is 5.82. The Kier molecular flexibility index (Phi) is 4.15. The SMILES string of the molecule is COC(=O)c1ccc(NC(=O)C2(c3ccccc3)CCC2)cc1. The van der Waals surface area contributed by atoms with Crippen LogP contribution in [0.2, 0.25) is 0 Å². The first-order valence-corrected chi connectivity index (χ1v) is 7.71. The topological polar surface area (TPSA) is 55.4 Å². The van der Waals surface area contributed by atoms with E-state index >= 15 is 0 Å². The van der Waals surface area contributed by atoms with Gasteiger partial charge in [-0.3, -0.25) is 4.79 Å². The molecule has 2 aromatic rings. The Bertz CT molecular complexity index is 703. The Morgan fingerprint density at radius 2 is 1.65 bits per heavy atom. The molecule has 0 heterocycles. The molecule has 2 aromatic carbocycles. The van der Waals surface area contributed by atoms with Gasteiger partial charge in [0.15, 0.2) is 0 Å². The first-order valence-electron chi connectivity index (χ1n) is 7.71. The number of esters is 1. The van der Waals surface area contributed by atoms with Gasteiger partial charge < -0.3 is 10.1 Å². The van der Waals surface area contributed by atoms with Crippen molar-refractivity contribution in [1.29, 1.82) is 0 Å². The van der Waals surface area contributed by atoms with Crippen molar-refractivity contribution in [3.8, 4) is 0 Å². The van der Waals surface area contributed by atoms with Crippen LogP contribution in [0, 0.1) is 0 Å². The van der Waals surface area contributed by atoms with E-state index in [0.717, 1.165) is 24.8 Å². The van der Waals surface area contributed by atoms with E-state index in [2.05, 4.69) is 10.1 Å². The average Bonchev–Trinajstić information content (AvgIpc) is 2.55. The average molecular weight is 309 g/mol. The van der Waals surface area contributed by atoms with Gasteiger partial charge in [-0.25, -0.2) is 4.79 Å². The van der Waals surface area contributed by atoms with Gasteiger partial charge in [0.1, 0.15) is 0 Å². The summed E-state index contributed by atoms with van der Waals surface area (Å²) in [6.45, 7) is 0. The van der Waals surface area contributed by atoms with Gasteiger partial charge in [0.05, 0.1) is 18.1 Å². The molecule has 0 spiro atoms. The first-order chi connectivity index (χ1) is 11.2. The zero-order valence-electron chi connectivity index (χ0n) is 13.0. The Hall–Kier alpha value is -2.62. The fourth-order valence-corrected chi connectivity index (χ4v) is 2.99. The summed E-state index contributed by atoms with van der Waals surface area (Å²) in [5.41, 5.74) is 1.79. The van der Waals surface area contributed by atoms with Crippen molar-refractivity contribution in [3.05, 3.63) is 65.7 Å². The van der Waals surface area contributed by atoms with E-state index < -0.39 is 5.41 Å². The normalized spacial score (nSPS) is 15.3. The van der Waals surface area contributed by atoms with Crippen LogP contribution in [0.15, 0.2) is 54.6 Å². The summed E-state index contributed by atoms with van der Waals surface area (Å²) in [5, 5.41) is 2.98. The fraction of sp³-hybridized carbons (Fsp3) is 0.263. The smallest absolute Gasteiger partial charge is 0.337 e. The molecule has 0 unspecified atom stereocenters. The third-order valence-corrected chi connectivity index (χ3v) is 4.53. The number of amides is 1. The zero-order valence-corrected chi connectivity index (χ0v) is 13.0. The molecular formula is C19H19NO3. The fourth-order valence-electron chi connectivity index (χ4n) is 2.99. The van der Waals surface area contributed by atoms with Crippen molar-refractivity contribution in [3.63, 3.8) is 0 Å². The minimum atomic E-state index is -0.428. The summed E-state index contributed by atoms with van der Waals surface area (Å²) >= 11 is 0. The second-order valence-corrected chi connectivity index (χ2v) is 5.82. The van der Waals surface area contributed by atoms with Gasteiger partial charge in [0.25, 0.3) is 0 Å². The summed E-state index contributed by atoms with van der Waals surface area (Å²) in [4.78, 5) is 24.2. The molecule has 1 fully saturated rings. The highest BCUT2D eigenvalue weighted by atomic mass is 16.5. The van der Waals surface area contributed by atoms with Crippen LogP contribution in [0.25, 0.3) is 0 Å². The molecule has 1 amide bonds. The highest BCUT2D eigenvalue weighted by Gasteiger charge is 2.45. The third-order valence-electron chi connectivity index (χ3n) is 4.53. The summed E-state index contributed by atoms with van der Waals surface area (Å²) in [6.07, 6.45) is 2.79. The van der Waals surface area contributed by atoms with Crippen LogP contribution in [-0.4, -0.2) is 19.0 Å². The number of nitrogens with one attached hydrogen (secondary N) is 1. The van der Waals surface area contributed by atoms with Crippen molar-refractivity contribution in [2.75, 3.05) is 12.4 Å². The summed E-state index contributed by atoms with van der Waals surface area (Å²) in [6, 6.07) is 16.7. The Balaban J connectivity index is 1.77. The minimum Gasteiger partial charge on any atom is -0.465 e. The zero-order chi connectivity index (χ0) is 16.3. The van der Waals surface area contributed by atoms with Crippen LogP contribution in [0.1, 0.15) is 35.2 Å². The second kappa shape index (κ2) is 6.24. The number of ether oxygens (including phenoxy) is 1. The van der Waals surface area contributed by atoms with Gasteiger partial charge in [-0.2, -0.15) is 0 Å². The molecule has 4 heteroatoms. The number of carbonyl (C=O) groups is 2. The molecule has 0 radical (unpaired) electrons. The quantitative estimate of drug-likeness (QED) is 0.879. The lowest BCUT2D eigenvalue weighted by molar-refractivity contribution is -0.124. The molecule has 1 saturated carbocycles. The van der Waals surface area contributed by atoms with Crippen LogP contribution in [0.4, 0.5) is 5.69 Å². The van der Waals surface area contributed by atoms with Crippen LogP contribution in [-0.2, 0) is 14.9 Å². The lowest BCUT2D eigenvalue weighted by Crippen LogP contribution is -2.45. The largest absolute Gasteiger partial charge is 0.465 e. The maximum absolute atomic E-state index is 12.8. The number of hydrogen-bond donors (Lipinski definition) is 1. The van der Waals surface area contributed by atoms with Crippen molar-refractivity contribution < 1.29 is 14.3 Å². The van der Waals surface area contributed by atoms with Gasteiger partial charge in [-0.05, 0) is 42.7 Å². The molecule has 23 heavy (non-hydrogen) atoms. The van der Waals surface area contributed by atoms with Crippen molar-refractivity contribution in [2.45, 2.75) is 24.7 Å². The minimum absolute atomic E-state index is 0.0146. The number of hydrogen-bond acceptors (Lipinski definition) is 3. The predicted molar refractivity (Wildman–Crippen MR) is 88.4 cm³/mol. The number of benzene rings is 2. The van der Waals surface area contributed by atoms with Crippen LogP contribution in [0.5, 0.6) is 0 Å². The summed E-state index contributed by atoms with van der Waals surface area (Å²) in [5.74, 6) is -0.372. The molecule has 1 aliphatic carbocycles.